The Bertz CT molecular complexity index is 1140. The summed E-state index contributed by atoms with van der Waals surface area (Å²) in [7, 11) is 1.61. The van der Waals surface area contributed by atoms with Gasteiger partial charge in [0.1, 0.15) is 11.6 Å². The molecule has 8 nitrogen and oxygen atoms in total. The number of ether oxygens (including phenoxy) is 1. The van der Waals surface area contributed by atoms with Gasteiger partial charge in [-0.15, -0.1) is 0 Å². The summed E-state index contributed by atoms with van der Waals surface area (Å²) in [6, 6.07) is 10.9. The number of anilines is 1. The van der Waals surface area contributed by atoms with Crippen LogP contribution in [0, 0.1) is 6.92 Å². The maximum absolute atomic E-state index is 13.1. The summed E-state index contributed by atoms with van der Waals surface area (Å²) in [5, 5.41) is 11.7. The number of carbonyl (C=O) groups excluding carboxylic acids is 1. The average Bonchev–Trinajstić information content (AvgIpc) is 3.33. The standard InChI is InChI=1S/C20H19N5O3/c1-4-25-17(9-10-21-25)23-19(26)15-11-16(13-5-7-14(27-3)8-6-13)22-20-18(15)12(2)24-28-20/h5-11H,4H2,1-3H3,(H,23,26). The molecular weight excluding hydrogens is 358 g/mol. The van der Waals surface area contributed by atoms with Crippen LogP contribution in [0.3, 0.4) is 0 Å². The largest absolute Gasteiger partial charge is 0.497 e. The van der Waals surface area contributed by atoms with E-state index in [1.807, 2.05) is 31.2 Å². The van der Waals surface area contributed by atoms with Gasteiger partial charge in [0.2, 0.25) is 0 Å². The molecule has 0 spiro atoms. The molecule has 0 saturated carbocycles. The molecule has 1 N–H and O–H groups in total. The first-order chi connectivity index (χ1) is 13.6. The van der Waals surface area contributed by atoms with Crippen molar-refractivity contribution in [2.45, 2.75) is 20.4 Å². The van der Waals surface area contributed by atoms with E-state index >= 15 is 0 Å². The summed E-state index contributed by atoms with van der Waals surface area (Å²) in [4.78, 5) is 17.6. The highest BCUT2D eigenvalue weighted by molar-refractivity contribution is 6.12. The summed E-state index contributed by atoms with van der Waals surface area (Å²) < 4.78 is 12.3. The number of aromatic nitrogens is 4. The van der Waals surface area contributed by atoms with Crippen molar-refractivity contribution in [3.8, 4) is 17.0 Å². The lowest BCUT2D eigenvalue weighted by Crippen LogP contribution is -2.16. The van der Waals surface area contributed by atoms with Crippen LogP contribution in [-0.4, -0.2) is 32.9 Å². The van der Waals surface area contributed by atoms with E-state index in [4.69, 9.17) is 9.26 Å². The Balaban J connectivity index is 1.79. The van der Waals surface area contributed by atoms with Crippen LogP contribution >= 0.6 is 0 Å². The average molecular weight is 377 g/mol. The first-order valence-electron chi connectivity index (χ1n) is 8.85. The molecule has 142 valence electrons. The van der Waals surface area contributed by atoms with Crippen LogP contribution in [0.15, 0.2) is 47.1 Å². The molecule has 0 aliphatic heterocycles. The number of pyridine rings is 1. The summed E-state index contributed by atoms with van der Waals surface area (Å²) >= 11 is 0. The number of hydrogen-bond acceptors (Lipinski definition) is 6. The van der Waals surface area contributed by atoms with Crippen LogP contribution in [0.2, 0.25) is 0 Å². The number of benzene rings is 1. The van der Waals surface area contributed by atoms with E-state index in [0.29, 0.717) is 40.4 Å². The second kappa shape index (κ2) is 7.15. The Hall–Kier alpha value is -3.68. The maximum atomic E-state index is 13.1. The number of methoxy groups -OCH3 is 1. The molecule has 28 heavy (non-hydrogen) atoms. The van der Waals surface area contributed by atoms with E-state index in [1.54, 1.807) is 37.0 Å². The van der Waals surface area contributed by atoms with E-state index in [0.717, 1.165) is 11.3 Å². The third-order valence-electron chi connectivity index (χ3n) is 4.51. The van der Waals surface area contributed by atoms with E-state index in [1.165, 1.54) is 0 Å². The minimum atomic E-state index is -0.274. The van der Waals surface area contributed by atoms with Gasteiger partial charge < -0.3 is 14.6 Å². The predicted molar refractivity (Wildman–Crippen MR) is 104 cm³/mol. The van der Waals surface area contributed by atoms with Crippen LogP contribution < -0.4 is 10.1 Å². The van der Waals surface area contributed by atoms with E-state index in [9.17, 15) is 4.79 Å². The number of amides is 1. The zero-order valence-corrected chi connectivity index (χ0v) is 15.8. The van der Waals surface area contributed by atoms with Crippen molar-refractivity contribution in [3.63, 3.8) is 0 Å². The molecule has 3 heterocycles. The second-order valence-corrected chi connectivity index (χ2v) is 6.22. The summed E-state index contributed by atoms with van der Waals surface area (Å²) in [5.74, 6) is 1.09. The first kappa shape index (κ1) is 17.7. The molecule has 0 atom stereocenters. The molecular formula is C20H19N5O3. The molecule has 1 amide bonds. The van der Waals surface area contributed by atoms with Gasteiger partial charge in [-0.25, -0.2) is 9.67 Å². The number of nitrogens with zero attached hydrogens (tertiary/aromatic N) is 4. The number of aryl methyl sites for hydroxylation is 2. The van der Waals surface area contributed by atoms with Crippen molar-refractivity contribution in [2.75, 3.05) is 12.4 Å². The van der Waals surface area contributed by atoms with Gasteiger partial charge in [0, 0.05) is 18.2 Å². The fourth-order valence-corrected chi connectivity index (χ4v) is 3.06. The minimum absolute atomic E-state index is 0.274. The molecule has 8 heteroatoms. The zero-order valence-electron chi connectivity index (χ0n) is 15.8. The first-order valence-corrected chi connectivity index (χ1v) is 8.85. The van der Waals surface area contributed by atoms with Gasteiger partial charge in [-0.3, -0.25) is 4.79 Å². The van der Waals surface area contributed by atoms with Gasteiger partial charge in [0.25, 0.3) is 11.6 Å². The Morgan fingerprint density at radius 1 is 1.25 bits per heavy atom. The van der Waals surface area contributed by atoms with Gasteiger partial charge >= 0.3 is 0 Å². The highest BCUT2D eigenvalue weighted by Gasteiger charge is 2.20. The minimum Gasteiger partial charge on any atom is -0.497 e. The molecule has 0 bridgehead atoms. The molecule has 4 aromatic rings. The van der Waals surface area contributed by atoms with Crippen LogP contribution in [0.25, 0.3) is 22.4 Å². The van der Waals surface area contributed by atoms with Crippen molar-refractivity contribution in [1.82, 2.24) is 19.9 Å². The topological polar surface area (TPSA) is 95.1 Å². The highest BCUT2D eigenvalue weighted by atomic mass is 16.5. The molecule has 0 saturated heterocycles. The number of fused-ring (bicyclic) bond motifs is 1. The Kier molecular flexibility index (Phi) is 4.52. The fourth-order valence-electron chi connectivity index (χ4n) is 3.06. The van der Waals surface area contributed by atoms with Gasteiger partial charge in [-0.2, -0.15) is 5.10 Å². The van der Waals surface area contributed by atoms with Gasteiger partial charge in [0.05, 0.1) is 35.6 Å². The SMILES string of the molecule is CCn1nccc1NC(=O)c1cc(-c2ccc(OC)cc2)nc2onc(C)c12. The van der Waals surface area contributed by atoms with Crippen molar-refractivity contribution in [2.24, 2.45) is 0 Å². The highest BCUT2D eigenvalue weighted by Crippen LogP contribution is 2.28. The molecule has 0 aliphatic carbocycles. The van der Waals surface area contributed by atoms with Gasteiger partial charge in [0.15, 0.2) is 0 Å². The summed E-state index contributed by atoms with van der Waals surface area (Å²) in [6.45, 7) is 4.39. The molecule has 0 radical (unpaired) electrons. The van der Waals surface area contributed by atoms with Crippen molar-refractivity contribution in [3.05, 3.63) is 53.9 Å². The van der Waals surface area contributed by atoms with Gasteiger partial charge in [-0.05, 0) is 44.2 Å². The number of hydrogen-bond donors (Lipinski definition) is 1. The molecule has 0 unspecified atom stereocenters. The third-order valence-corrected chi connectivity index (χ3v) is 4.51. The summed E-state index contributed by atoms with van der Waals surface area (Å²) in [5.41, 5.74) is 2.82. The van der Waals surface area contributed by atoms with Crippen molar-refractivity contribution >= 4 is 22.8 Å². The van der Waals surface area contributed by atoms with Crippen LogP contribution in [0.1, 0.15) is 23.0 Å². The monoisotopic (exact) mass is 377 g/mol. The normalized spacial score (nSPS) is 11.0. The Morgan fingerprint density at radius 3 is 2.75 bits per heavy atom. The smallest absolute Gasteiger partial charge is 0.259 e. The Morgan fingerprint density at radius 2 is 2.04 bits per heavy atom. The lowest BCUT2D eigenvalue weighted by atomic mass is 10.0. The molecule has 3 aromatic heterocycles. The molecule has 1 aromatic carbocycles. The molecule has 0 aliphatic rings. The summed E-state index contributed by atoms with van der Waals surface area (Å²) in [6.07, 6.45) is 1.65. The quantitative estimate of drug-likeness (QED) is 0.570. The van der Waals surface area contributed by atoms with Crippen molar-refractivity contribution in [1.29, 1.82) is 0 Å². The fraction of sp³-hybridized carbons (Fsp3) is 0.200. The third kappa shape index (κ3) is 3.09. The molecule has 4 rings (SSSR count). The van der Waals surface area contributed by atoms with Gasteiger partial charge in [-0.1, -0.05) is 5.16 Å². The number of rotatable bonds is 5. The van der Waals surface area contributed by atoms with E-state index in [-0.39, 0.29) is 5.91 Å². The van der Waals surface area contributed by atoms with Crippen LogP contribution in [-0.2, 0) is 6.54 Å². The lowest BCUT2D eigenvalue weighted by molar-refractivity contribution is 0.102. The number of carbonyl (C=O) groups is 1. The lowest BCUT2D eigenvalue weighted by Gasteiger charge is -2.09. The molecule has 0 fully saturated rings. The maximum Gasteiger partial charge on any atom is 0.259 e. The predicted octanol–water partition coefficient (Wildman–Crippen LogP) is 3.68. The second-order valence-electron chi connectivity index (χ2n) is 6.22. The van der Waals surface area contributed by atoms with E-state index < -0.39 is 0 Å². The van der Waals surface area contributed by atoms with Crippen LogP contribution in [0.4, 0.5) is 5.82 Å². The Labute approximate surface area is 161 Å². The zero-order chi connectivity index (χ0) is 19.7. The van der Waals surface area contributed by atoms with E-state index in [2.05, 4.69) is 20.6 Å². The van der Waals surface area contributed by atoms with Crippen molar-refractivity contribution < 1.29 is 14.1 Å². The number of nitrogens with one attached hydrogen (secondary N) is 1. The van der Waals surface area contributed by atoms with Crippen LogP contribution in [0.5, 0.6) is 5.75 Å².